The lowest BCUT2D eigenvalue weighted by molar-refractivity contribution is -0.316. The highest BCUT2D eigenvalue weighted by molar-refractivity contribution is 5.76. The van der Waals surface area contributed by atoms with Crippen LogP contribution in [0, 0.1) is 5.92 Å². The smallest absolute Gasteiger partial charge is 0.317 e. The molecule has 4 saturated heterocycles. The second-order valence-corrected chi connectivity index (χ2v) is 18.3. The van der Waals surface area contributed by atoms with Crippen molar-refractivity contribution in [1.82, 2.24) is 20.4 Å². The molecule has 13 nitrogen and oxygen atoms in total. The Morgan fingerprint density at radius 1 is 0.914 bits per heavy atom. The van der Waals surface area contributed by atoms with Crippen LogP contribution in [0.5, 0.6) is 0 Å². The summed E-state index contributed by atoms with van der Waals surface area (Å²) in [7, 11) is 0. The van der Waals surface area contributed by atoms with Crippen molar-refractivity contribution in [3.05, 3.63) is 12.2 Å². The topological polar surface area (TPSA) is 185 Å². The second-order valence-electron chi connectivity index (χ2n) is 18.3. The van der Waals surface area contributed by atoms with E-state index in [4.69, 9.17) is 25.7 Å². The zero-order chi connectivity index (χ0) is 41.4. The Labute approximate surface area is 350 Å². The van der Waals surface area contributed by atoms with Gasteiger partial charge in [-0.1, -0.05) is 89.7 Å². The van der Waals surface area contributed by atoms with Crippen molar-refractivity contribution in [1.29, 1.82) is 0 Å². The molecular formula is C45H82N6O7. The third-order valence-corrected chi connectivity index (χ3v) is 13.6. The van der Waals surface area contributed by atoms with Crippen LogP contribution in [-0.2, 0) is 23.8 Å². The Morgan fingerprint density at radius 2 is 1.60 bits per heavy atom. The van der Waals surface area contributed by atoms with Gasteiger partial charge in [-0.25, -0.2) is 4.90 Å². The molecule has 0 bridgehead atoms. The molecule has 4 fully saturated rings. The van der Waals surface area contributed by atoms with Crippen molar-refractivity contribution < 1.29 is 34.0 Å². The van der Waals surface area contributed by atoms with Crippen LogP contribution < -0.4 is 22.1 Å². The Morgan fingerprint density at radius 3 is 2.26 bits per heavy atom. The summed E-state index contributed by atoms with van der Waals surface area (Å²) in [6, 6.07) is 0.0832. The number of esters is 1. The average molecular weight is 819 g/mol. The second kappa shape index (κ2) is 23.5. The third kappa shape index (κ3) is 12.7. The predicted molar refractivity (Wildman–Crippen MR) is 227 cm³/mol. The predicted octanol–water partition coefficient (Wildman–Crippen LogP) is 5.65. The number of aliphatic hydroxyl groups is 2. The molecule has 334 valence electrons. The Kier molecular flexibility index (Phi) is 19.2. The molecule has 5 heterocycles. The van der Waals surface area contributed by atoms with E-state index in [-0.39, 0.29) is 36.4 Å². The number of ether oxygens (including phenoxy) is 3. The van der Waals surface area contributed by atoms with Gasteiger partial charge in [0, 0.05) is 32.0 Å². The van der Waals surface area contributed by atoms with Gasteiger partial charge in [-0.2, -0.15) is 0 Å². The first kappa shape index (κ1) is 47.4. The fourth-order valence-electron chi connectivity index (χ4n) is 10.6. The zero-order valence-corrected chi connectivity index (χ0v) is 36.3. The molecule has 8 N–H and O–H groups in total. The van der Waals surface area contributed by atoms with Crippen molar-refractivity contribution in [2.24, 2.45) is 17.4 Å². The summed E-state index contributed by atoms with van der Waals surface area (Å²) in [5.41, 5.74) is 8.33. The van der Waals surface area contributed by atoms with Gasteiger partial charge in [0.05, 0.1) is 24.9 Å². The summed E-state index contributed by atoms with van der Waals surface area (Å²) in [4.78, 5) is 30.7. The van der Waals surface area contributed by atoms with Gasteiger partial charge in [0.15, 0.2) is 0 Å². The van der Waals surface area contributed by atoms with Gasteiger partial charge in [-0.3, -0.25) is 20.2 Å². The molecule has 58 heavy (non-hydrogen) atoms. The van der Waals surface area contributed by atoms with E-state index >= 15 is 0 Å². The highest BCUT2D eigenvalue weighted by Crippen LogP contribution is 2.53. The number of nitrogens with zero attached hydrogens (tertiary/aromatic N) is 2. The van der Waals surface area contributed by atoms with Crippen molar-refractivity contribution in [3.8, 4) is 0 Å². The molecule has 5 rings (SSSR count). The van der Waals surface area contributed by atoms with Crippen molar-refractivity contribution >= 4 is 11.9 Å². The van der Waals surface area contributed by atoms with E-state index in [1.165, 1.54) is 44.9 Å². The number of rotatable bonds is 25. The molecule has 9 atom stereocenters. The van der Waals surface area contributed by atoms with Crippen molar-refractivity contribution in [3.63, 3.8) is 0 Å². The van der Waals surface area contributed by atoms with E-state index in [0.29, 0.717) is 58.5 Å². The van der Waals surface area contributed by atoms with Crippen LogP contribution in [0.4, 0.5) is 0 Å². The molecule has 0 aromatic rings. The highest BCUT2D eigenvalue weighted by Gasteiger charge is 2.70. The highest BCUT2D eigenvalue weighted by atomic mass is 16.6. The van der Waals surface area contributed by atoms with E-state index < -0.39 is 29.2 Å². The molecular weight excluding hydrogens is 737 g/mol. The van der Waals surface area contributed by atoms with Gasteiger partial charge >= 0.3 is 5.97 Å². The molecule has 0 aliphatic carbocycles. The number of hydrogen-bond donors (Lipinski definition) is 6. The van der Waals surface area contributed by atoms with Crippen molar-refractivity contribution in [2.45, 2.75) is 222 Å². The Bertz CT molecular complexity index is 1280. The standard InChI is InChI=1S/C45H82N6O7/c1-3-38-22-16-17-26-43(58-38)33-36-24-28-45(55)40(44(27-19-21-35(2)57-44)49-42(48-43)51(36)45)41(54)56-32-18-14-12-10-8-6-4-5-7-9-11-13-15-23-39(53)50(31-20-29-46)34-37(52)25-30-47/h16,22,35-38,40,42,48-49,52,55H,3-15,17-21,23-34,46-47H2,1-2H3. The summed E-state index contributed by atoms with van der Waals surface area (Å²) in [5, 5.41) is 30.3. The number of amides is 1. The fraction of sp³-hybridized carbons (Fsp3) is 0.911. The summed E-state index contributed by atoms with van der Waals surface area (Å²) in [6.45, 7) is 6.48. The minimum atomic E-state index is -1.36. The van der Waals surface area contributed by atoms with E-state index in [2.05, 4.69) is 41.5 Å². The summed E-state index contributed by atoms with van der Waals surface area (Å²) in [5.74, 6) is -1.07. The minimum absolute atomic E-state index is 0.0314. The maximum absolute atomic E-state index is 14.1. The van der Waals surface area contributed by atoms with Crippen LogP contribution in [0.25, 0.3) is 0 Å². The van der Waals surface area contributed by atoms with Crippen LogP contribution in [-0.4, -0.2) is 112 Å². The van der Waals surface area contributed by atoms with E-state index in [0.717, 1.165) is 89.9 Å². The number of carbonyl (C=O) groups excluding carboxylic acids is 2. The van der Waals surface area contributed by atoms with Crippen LogP contribution in [0.3, 0.4) is 0 Å². The number of aliphatic hydroxyl groups excluding tert-OH is 1. The van der Waals surface area contributed by atoms with Gasteiger partial charge in [-0.15, -0.1) is 0 Å². The van der Waals surface area contributed by atoms with Crippen molar-refractivity contribution in [2.75, 3.05) is 32.8 Å². The molecule has 13 heteroatoms. The monoisotopic (exact) mass is 819 g/mol. The molecule has 5 aliphatic heterocycles. The molecule has 9 unspecified atom stereocenters. The number of unbranched alkanes of at least 4 members (excludes halogenated alkanes) is 12. The van der Waals surface area contributed by atoms with Crippen LogP contribution >= 0.6 is 0 Å². The van der Waals surface area contributed by atoms with Crippen LogP contribution in [0.1, 0.15) is 174 Å². The lowest BCUT2D eigenvalue weighted by Gasteiger charge is -2.63. The normalized spacial score (nSPS) is 32.6. The summed E-state index contributed by atoms with van der Waals surface area (Å²) in [6.07, 6.45) is 27.3. The Hall–Kier alpha value is -1.68. The number of nitrogens with one attached hydrogen (secondary N) is 2. The lowest BCUT2D eigenvalue weighted by atomic mass is 9.77. The molecule has 2 spiro atoms. The Balaban J connectivity index is 0.953. The largest absolute Gasteiger partial charge is 0.465 e. The molecule has 0 aromatic heterocycles. The zero-order valence-electron chi connectivity index (χ0n) is 36.3. The fourth-order valence-corrected chi connectivity index (χ4v) is 10.6. The van der Waals surface area contributed by atoms with Gasteiger partial charge in [-0.05, 0) is 97.1 Å². The third-order valence-electron chi connectivity index (χ3n) is 13.6. The SMILES string of the molecule is CCC1C=CCCC2(CC3CCC4(O)C(C(=O)OCCCCCCCCCCCCCCCC(=O)N(CCCN)CC(O)CCN)C5(CCCC(C)O5)NC(N2)N34)O1. The maximum atomic E-state index is 14.1. The first-order chi connectivity index (χ1) is 28.1. The number of nitrogens with two attached hydrogens (primary N) is 2. The quantitative estimate of drug-likeness (QED) is 0.0379. The van der Waals surface area contributed by atoms with Crippen LogP contribution in [0.2, 0.25) is 0 Å². The maximum Gasteiger partial charge on any atom is 0.317 e. The minimum Gasteiger partial charge on any atom is -0.465 e. The number of hydrogen-bond acceptors (Lipinski definition) is 12. The molecule has 0 saturated carbocycles. The molecule has 1 amide bonds. The van der Waals surface area contributed by atoms with E-state index in [9.17, 15) is 19.8 Å². The lowest BCUT2D eigenvalue weighted by Crippen LogP contribution is -2.85. The molecule has 0 aromatic carbocycles. The van der Waals surface area contributed by atoms with E-state index in [1.54, 1.807) is 4.90 Å². The average Bonchev–Trinajstić information content (AvgIpc) is 3.40. The first-order valence-electron chi connectivity index (χ1n) is 23.7. The molecule has 0 radical (unpaired) electrons. The van der Waals surface area contributed by atoms with Gasteiger partial charge in [0.2, 0.25) is 5.91 Å². The summed E-state index contributed by atoms with van der Waals surface area (Å²) < 4.78 is 19.5. The van der Waals surface area contributed by atoms with Gasteiger partial charge in [0.1, 0.15) is 29.4 Å². The molecule has 5 aliphatic rings. The van der Waals surface area contributed by atoms with E-state index in [1.807, 2.05) is 0 Å². The number of allylic oxidation sites excluding steroid dienone is 1. The number of carbonyl (C=O) groups is 2. The van der Waals surface area contributed by atoms with Crippen LogP contribution in [0.15, 0.2) is 12.2 Å². The first-order valence-corrected chi connectivity index (χ1v) is 23.7. The van der Waals surface area contributed by atoms with Gasteiger partial charge in [0.25, 0.3) is 0 Å². The summed E-state index contributed by atoms with van der Waals surface area (Å²) >= 11 is 0. The van der Waals surface area contributed by atoms with Gasteiger partial charge < -0.3 is 40.8 Å².